The molecule has 1 aliphatic rings. The lowest BCUT2D eigenvalue weighted by atomic mass is 10.1. The van der Waals surface area contributed by atoms with E-state index < -0.39 is 0 Å². The summed E-state index contributed by atoms with van der Waals surface area (Å²) in [7, 11) is 1.99. The molecule has 1 unspecified atom stereocenters. The zero-order chi connectivity index (χ0) is 27.8. The molecule has 3 rings (SSSR count). The molecule has 0 fully saturated rings. The molecule has 3 N–H and O–H groups in total. The lowest BCUT2D eigenvalue weighted by Crippen LogP contribution is -2.32. The first kappa shape index (κ1) is 30.0. The van der Waals surface area contributed by atoms with Crippen molar-refractivity contribution in [3.05, 3.63) is 63.7 Å². The van der Waals surface area contributed by atoms with Crippen LogP contribution in [0, 0.1) is 0 Å². The number of thioether (sulfide) groups is 2. The summed E-state index contributed by atoms with van der Waals surface area (Å²) in [5.41, 5.74) is 11.5. The highest BCUT2D eigenvalue weighted by molar-refractivity contribution is 8.11. The second-order valence-corrected chi connectivity index (χ2v) is 11.4. The number of benzene rings is 2. The Kier molecular flexibility index (Phi) is 11.1. The van der Waals surface area contributed by atoms with Gasteiger partial charge in [0.15, 0.2) is 0 Å². The molecule has 2 aromatic rings. The van der Waals surface area contributed by atoms with Crippen molar-refractivity contribution in [2.24, 2.45) is 5.73 Å². The molecule has 0 bridgehead atoms. The molecule has 0 saturated carbocycles. The van der Waals surface area contributed by atoms with E-state index in [-0.39, 0.29) is 11.4 Å². The summed E-state index contributed by atoms with van der Waals surface area (Å²) in [4.78, 5) is 17.5. The van der Waals surface area contributed by atoms with Gasteiger partial charge >= 0.3 is 0 Å². The van der Waals surface area contributed by atoms with Crippen LogP contribution in [0.4, 0.5) is 5.69 Å². The quantitative estimate of drug-likeness (QED) is 0.288. The largest absolute Gasteiger partial charge is 0.494 e. The first-order chi connectivity index (χ1) is 18.2. The van der Waals surface area contributed by atoms with Crippen molar-refractivity contribution >= 4 is 40.0 Å². The van der Waals surface area contributed by atoms with Crippen LogP contribution in [0.3, 0.4) is 0 Å². The molecule has 1 heterocycles. The molecule has 0 saturated heterocycles. The number of nitrogens with one attached hydrogen (secondary N) is 1. The molecule has 2 aromatic carbocycles. The van der Waals surface area contributed by atoms with Crippen LogP contribution in [0.15, 0.2) is 57.5 Å². The normalized spacial score (nSPS) is 16.0. The van der Waals surface area contributed by atoms with Crippen molar-refractivity contribution in [2.75, 3.05) is 25.2 Å². The summed E-state index contributed by atoms with van der Waals surface area (Å²) in [5.74, 6) is 1.53. The minimum absolute atomic E-state index is 0.0360. The molecular formula is C30H41N3O3S2. The van der Waals surface area contributed by atoms with E-state index in [1.165, 1.54) is 5.57 Å². The van der Waals surface area contributed by atoms with E-state index in [2.05, 4.69) is 45.1 Å². The Labute approximate surface area is 236 Å². The maximum atomic E-state index is 13.3. The van der Waals surface area contributed by atoms with E-state index in [4.69, 9.17) is 15.2 Å². The SMILES string of the molecule is CCOc1ccc(C(SC(NC(=O)Cc2ccc3c(c2)SC(N)N3C)=C(C)CC)=C(C)CC)c(OCC)c1. The van der Waals surface area contributed by atoms with Crippen molar-refractivity contribution < 1.29 is 14.3 Å². The molecule has 38 heavy (non-hydrogen) atoms. The fourth-order valence-electron chi connectivity index (χ4n) is 3.99. The minimum Gasteiger partial charge on any atom is -0.494 e. The highest BCUT2D eigenvalue weighted by Crippen LogP contribution is 2.43. The first-order valence-electron chi connectivity index (χ1n) is 13.3. The van der Waals surface area contributed by atoms with Crippen LogP contribution in [0.5, 0.6) is 11.5 Å². The Morgan fingerprint density at radius 1 is 1.03 bits per heavy atom. The first-order valence-corrected chi connectivity index (χ1v) is 15.0. The van der Waals surface area contributed by atoms with E-state index in [1.807, 2.05) is 50.1 Å². The summed E-state index contributed by atoms with van der Waals surface area (Å²) < 4.78 is 11.8. The van der Waals surface area contributed by atoms with Gasteiger partial charge in [-0.2, -0.15) is 0 Å². The smallest absolute Gasteiger partial charge is 0.229 e. The number of fused-ring (bicyclic) bond motifs is 1. The number of hydrogen-bond acceptors (Lipinski definition) is 7. The Hall–Kier alpha value is -2.55. The van der Waals surface area contributed by atoms with Gasteiger partial charge in [-0.1, -0.05) is 49.0 Å². The summed E-state index contributed by atoms with van der Waals surface area (Å²) >= 11 is 3.22. The number of nitrogens with zero attached hydrogens (tertiary/aromatic N) is 1. The number of anilines is 1. The van der Waals surface area contributed by atoms with Crippen LogP contribution in [0.25, 0.3) is 4.91 Å². The second-order valence-electron chi connectivity index (χ2n) is 9.20. The average Bonchev–Trinajstić information content (AvgIpc) is 3.18. The zero-order valence-electron chi connectivity index (χ0n) is 23.6. The maximum Gasteiger partial charge on any atom is 0.229 e. The van der Waals surface area contributed by atoms with Crippen LogP contribution in [0.1, 0.15) is 65.5 Å². The van der Waals surface area contributed by atoms with Gasteiger partial charge in [-0.05, 0) is 75.9 Å². The van der Waals surface area contributed by atoms with Crippen molar-refractivity contribution in [1.82, 2.24) is 5.32 Å². The number of allylic oxidation sites excluding steroid dienone is 2. The van der Waals surface area contributed by atoms with Gasteiger partial charge < -0.3 is 25.4 Å². The fraction of sp³-hybridized carbons (Fsp3) is 0.433. The monoisotopic (exact) mass is 555 g/mol. The summed E-state index contributed by atoms with van der Waals surface area (Å²) in [6.07, 6.45) is 2.02. The molecule has 0 aliphatic carbocycles. The standard InChI is InChI=1S/C30H41N3O3S2/c1-8-19(5)28(23-14-13-22(35-10-3)18-25(23)36-11-4)38-29(20(6)9-2)32-27(34)17-21-12-15-24-26(16-21)37-30(31)33(24)7/h12-16,18,30H,8-11,17,31H2,1-7H3,(H,32,34). The molecule has 8 heteroatoms. The number of carbonyl (C=O) groups excluding carboxylic acids is 1. The van der Waals surface area contributed by atoms with E-state index in [0.717, 1.165) is 61.6 Å². The van der Waals surface area contributed by atoms with Crippen molar-refractivity contribution in [3.63, 3.8) is 0 Å². The number of nitrogens with two attached hydrogens (primary N) is 1. The Morgan fingerprint density at radius 2 is 1.74 bits per heavy atom. The van der Waals surface area contributed by atoms with Crippen LogP contribution < -0.4 is 25.4 Å². The van der Waals surface area contributed by atoms with Gasteiger partial charge in [-0.25, -0.2) is 0 Å². The molecule has 1 aliphatic heterocycles. The van der Waals surface area contributed by atoms with Crippen LogP contribution >= 0.6 is 23.5 Å². The predicted molar refractivity (Wildman–Crippen MR) is 163 cm³/mol. The minimum atomic E-state index is -0.0941. The van der Waals surface area contributed by atoms with E-state index in [1.54, 1.807) is 23.5 Å². The molecule has 206 valence electrons. The summed E-state index contributed by atoms with van der Waals surface area (Å²) in [5, 5.41) is 4.10. The van der Waals surface area contributed by atoms with Gasteiger partial charge in [-0.15, -0.1) is 0 Å². The summed E-state index contributed by atoms with van der Waals surface area (Å²) in [6, 6.07) is 12.1. The third kappa shape index (κ3) is 7.30. The predicted octanol–water partition coefficient (Wildman–Crippen LogP) is 7.14. The van der Waals surface area contributed by atoms with Gasteiger partial charge in [0.25, 0.3) is 0 Å². The highest BCUT2D eigenvalue weighted by atomic mass is 32.2. The van der Waals surface area contributed by atoms with Gasteiger partial charge in [0.05, 0.1) is 30.4 Å². The lowest BCUT2D eigenvalue weighted by molar-refractivity contribution is -0.119. The topological polar surface area (TPSA) is 76.8 Å². The Morgan fingerprint density at radius 3 is 2.39 bits per heavy atom. The fourth-order valence-corrected chi connectivity index (χ4v) is 6.36. The van der Waals surface area contributed by atoms with Crippen LogP contribution in [-0.4, -0.2) is 31.7 Å². The van der Waals surface area contributed by atoms with Gasteiger partial charge in [0.2, 0.25) is 5.91 Å². The number of rotatable bonds is 12. The molecule has 6 nitrogen and oxygen atoms in total. The van der Waals surface area contributed by atoms with Crippen molar-refractivity contribution in [2.45, 2.75) is 71.2 Å². The Bertz CT molecular complexity index is 1210. The van der Waals surface area contributed by atoms with Gasteiger partial charge in [0.1, 0.15) is 17.0 Å². The molecule has 0 aromatic heterocycles. The number of amides is 1. The molecular weight excluding hydrogens is 514 g/mol. The highest BCUT2D eigenvalue weighted by Gasteiger charge is 2.24. The van der Waals surface area contributed by atoms with Crippen molar-refractivity contribution in [3.8, 4) is 11.5 Å². The number of ether oxygens (including phenoxy) is 2. The maximum absolute atomic E-state index is 13.3. The second kappa shape index (κ2) is 14.0. The molecule has 1 amide bonds. The van der Waals surface area contributed by atoms with E-state index >= 15 is 0 Å². The van der Waals surface area contributed by atoms with Gasteiger partial charge in [0, 0.05) is 28.5 Å². The lowest BCUT2D eigenvalue weighted by Gasteiger charge is -2.20. The third-order valence-corrected chi connectivity index (χ3v) is 9.07. The van der Waals surface area contributed by atoms with Crippen molar-refractivity contribution in [1.29, 1.82) is 0 Å². The molecule has 0 spiro atoms. The zero-order valence-corrected chi connectivity index (χ0v) is 25.3. The van der Waals surface area contributed by atoms with E-state index in [9.17, 15) is 4.79 Å². The average molecular weight is 556 g/mol. The Balaban J connectivity index is 1.87. The van der Waals surface area contributed by atoms with Gasteiger partial charge in [-0.3, -0.25) is 4.79 Å². The van der Waals surface area contributed by atoms with E-state index in [0.29, 0.717) is 19.6 Å². The number of hydrogen-bond donors (Lipinski definition) is 2. The summed E-state index contributed by atoms with van der Waals surface area (Å²) in [6.45, 7) is 13.6. The third-order valence-electron chi connectivity index (χ3n) is 6.50. The molecule has 0 radical (unpaired) electrons. The van der Waals surface area contributed by atoms with Crippen LogP contribution in [-0.2, 0) is 11.2 Å². The van der Waals surface area contributed by atoms with Crippen LogP contribution in [0.2, 0.25) is 0 Å². The number of carbonyl (C=O) groups is 1. The molecule has 1 atom stereocenters.